The van der Waals surface area contributed by atoms with Crippen LogP contribution in [0.2, 0.25) is 0 Å². The molecule has 0 amide bonds. The molecule has 0 aromatic carbocycles. The Bertz CT molecular complexity index is 561. The number of anilines is 2. The Morgan fingerprint density at radius 2 is 2.47 bits per heavy atom. The summed E-state index contributed by atoms with van der Waals surface area (Å²) in [6.45, 7) is 2.95. The topological polar surface area (TPSA) is 45.5 Å². The minimum Gasteiger partial charge on any atom is -0.369 e. The van der Waals surface area contributed by atoms with Crippen molar-refractivity contribution in [1.82, 2.24) is 14.4 Å². The molecule has 0 saturated carbocycles. The van der Waals surface area contributed by atoms with E-state index in [2.05, 4.69) is 29.2 Å². The lowest BCUT2D eigenvalue weighted by Gasteiger charge is -2.25. The van der Waals surface area contributed by atoms with Crippen LogP contribution in [0.1, 0.15) is 13.3 Å². The minimum atomic E-state index is 0.565. The largest absolute Gasteiger partial charge is 0.369 e. The van der Waals surface area contributed by atoms with Gasteiger partial charge in [-0.05, 0) is 19.1 Å². The number of imidazole rings is 1. The Balaban J connectivity index is 2.01. The first-order valence-corrected chi connectivity index (χ1v) is 7.83. The third-order valence-corrected chi connectivity index (χ3v) is 4.65. The van der Waals surface area contributed by atoms with Crippen molar-refractivity contribution < 1.29 is 0 Å². The molecule has 0 bridgehead atoms. The molecule has 2 aromatic rings. The number of thioether (sulfide) groups is 1. The van der Waals surface area contributed by atoms with E-state index >= 15 is 0 Å². The maximum absolute atomic E-state index is 4.73. The summed E-state index contributed by atoms with van der Waals surface area (Å²) < 4.78 is 2.04. The lowest BCUT2D eigenvalue weighted by Crippen LogP contribution is -2.32. The molecule has 19 heavy (non-hydrogen) atoms. The van der Waals surface area contributed by atoms with Crippen LogP contribution in [-0.4, -0.2) is 45.5 Å². The fourth-order valence-corrected chi connectivity index (χ4v) is 3.69. The molecule has 0 radical (unpaired) electrons. The van der Waals surface area contributed by atoms with Crippen molar-refractivity contribution in [1.29, 1.82) is 0 Å². The second-order valence-corrected chi connectivity index (χ2v) is 5.92. The van der Waals surface area contributed by atoms with E-state index in [1.807, 2.05) is 34.8 Å². The van der Waals surface area contributed by atoms with Gasteiger partial charge in [0.15, 0.2) is 11.5 Å². The number of nitrogens with zero attached hydrogens (tertiary/aromatic N) is 4. The average Bonchev–Trinajstić information content (AvgIpc) is 3.08. The van der Waals surface area contributed by atoms with Crippen molar-refractivity contribution in [2.45, 2.75) is 19.4 Å². The number of rotatable bonds is 4. The molecule has 1 aliphatic rings. The Morgan fingerprint density at radius 1 is 1.58 bits per heavy atom. The van der Waals surface area contributed by atoms with E-state index in [4.69, 9.17) is 4.98 Å². The second-order valence-electron chi connectivity index (χ2n) is 4.77. The smallest absolute Gasteiger partial charge is 0.180 e. The lowest BCUT2D eigenvalue weighted by atomic mass is 10.2. The van der Waals surface area contributed by atoms with E-state index in [0.29, 0.717) is 6.04 Å². The highest BCUT2D eigenvalue weighted by Crippen LogP contribution is 2.27. The Hall–Kier alpha value is -1.43. The zero-order valence-corrected chi connectivity index (χ0v) is 12.2. The molecule has 1 N–H and O–H groups in total. The highest BCUT2D eigenvalue weighted by Gasteiger charge is 2.23. The van der Waals surface area contributed by atoms with Crippen molar-refractivity contribution >= 4 is 29.0 Å². The molecule has 0 spiro atoms. The maximum atomic E-state index is 4.73. The fraction of sp³-hybridized carbons (Fsp3) is 0.538. The summed E-state index contributed by atoms with van der Waals surface area (Å²) in [5, 5.41) is 3.28. The molecule has 2 aromatic heterocycles. The number of aromatic nitrogens is 3. The Labute approximate surface area is 117 Å². The van der Waals surface area contributed by atoms with Gasteiger partial charge in [-0.15, -0.1) is 0 Å². The standard InChI is InChI=1S/C13H19N5S/c1-3-14-11-8-18-6-5-15-12(18)13(16-11)17(2)10-4-7-19-9-10/h5-6,8,10,14H,3-4,7,9H2,1-2H3. The van der Waals surface area contributed by atoms with Crippen LogP contribution in [0.15, 0.2) is 18.6 Å². The first kappa shape index (κ1) is 12.6. The monoisotopic (exact) mass is 277 g/mol. The lowest BCUT2D eigenvalue weighted by molar-refractivity contribution is 0.692. The highest BCUT2D eigenvalue weighted by molar-refractivity contribution is 7.99. The normalized spacial score (nSPS) is 18.9. The molecule has 3 rings (SSSR count). The summed E-state index contributed by atoms with van der Waals surface area (Å²) in [4.78, 5) is 11.4. The van der Waals surface area contributed by atoms with Gasteiger partial charge < -0.3 is 14.6 Å². The third-order valence-electron chi connectivity index (χ3n) is 3.50. The number of fused-ring (bicyclic) bond motifs is 1. The van der Waals surface area contributed by atoms with Crippen LogP contribution in [0, 0.1) is 0 Å². The third kappa shape index (κ3) is 2.36. The van der Waals surface area contributed by atoms with Crippen LogP contribution in [0.25, 0.3) is 5.65 Å². The number of hydrogen-bond donors (Lipinski definition) is 1. The molecule has 6 heteroatoms. The molecule has 1 saturated heterocycles. The van der Waals surface area contributed by atoms with Gasteiger partial charge in [-0.2, -0.15) is 11.8 Å². The van der Waals surface area contributed by atoms with Crippen molar-refractivity contribution in [3.63, 3.8) is 0 Å². The number of nitrogens with one attached hydrogen (secondary N) is 1. The molecule has 3 heterocycles. The zero-order chi connectivity index (χ0) is 13.2. The molecule has 102 valence electrons. The van der Waals surface area contributed by atoms with Crippen molar-refractivity contribution in [3.8, 4) is 0 Å². The summed E-state index contributed by atoms with van der Waals surface area (Å²) >= 11 is 2.01. The van der Waals surface area contributed by atoms with Gasteiger partial charge in [0, 0.05) is 37.8 Å². The summed E-state index contributed by atoms with van der Waals surface area (Å²) in [6, 6.07) is 0.565. The molecular formula is C13H19N5S. The van der Waals surface area contributed by atoms with E-state index in [1.165, 1.54) is 17.9 Å². The van der Waals surface area contributed by atoms with Gasteiger partial charge in [-0.3, -0.25) is 0 Å². The molecule has 0 aliphatic carbocycles. The second kappa shape index (κ2) is 5.28. The SMILES string of the molecule is CCNc1cn2ccnc2c(N(C)C2CCSC2)n1. The Morgan fingerprint density at radius 3 is 3.21 bits per heavy atom. The number of hydrogen-bond acceptors (Lipinski definition) is 5. The van der Waals surface area contributed by atoms with Crippen LogP contribution >= 0.6 is 11.8 Å². The summed E-state index contributed by atoms with van der Waals surface area (Å²) in [5.41, 5.74) is 0.932. The molecule has 5 nitrogen and oxygen atoms in total. The highest BCUT2D eigenvalue weighted by atomic mass is 32.2. The van der Waals surface area contributed by atoms with Crippen LogP contribution in [0.3, 0.4) is 0 Å². The maximum Gasteiger partial charge on any atom is 0.180 e. The summed E-state index contributed by atoms with van der Waals surface area (Å²) in [7, 11) is 2.13. The molecule has 1 aliphatic heterocycles. The van der Waals surface area contributed by atoms with Gasteiger partial charge in [0.05, 0.1) is 6.20 Å². The van der Waals surface area contributed by atoms with E-state index in [1.54, 1.807) is 0 Å². The van der Waals surface area contributed by atoms with Gasteiger partial charge in [0.1, 0.15) is 5.82 Å². The molecule has 1 atom stereocenters. The van der Waals surface area contributed by atoms with Crippen molar-refractivity contribution in [3.05, 3.63) is 18.6 Å². The average molecular weight is 277 g/mol. The van der Waals surface area contributed by atoms with Gasteiger partial charge in [0.25, 0.3) is 0 Å². The Kier molecular flexibility index (Phi) is 3.50. The predicted octanol–water partition coefficient (Wildman–Crippen LogP) is 2.10. The van der Waals surface area contributed by atoms with Crippen molar-refractivity contribution in [2.24, 2.45) is 0 Å². The van der Waals surface area contributed by atoms with E-state index < -0.39 is 0 Å². The first-order valence-electron chi connectivity index (χ1n) is 6.67. The van der Waals surface area contributed by atoms with E-state index in [0.717, 1.165) is 23.8 Å². The fourth-order valence-electron chi connectivity index (χ4n) is 2.42. The van der Waals surface area contributed by atoms with Gasteiger partial charge >= 0.3 is 0 Å². The quantitative estimate of drug-likeness (QED) is 0.927. The summed E-state index contributed by atoms with van der Waals surface area (Å²) in [5.74, 6) is 4.29. The van der Waals surface area contributed by atoms with Crippen LogP contribution < -0.4 is 10.2 Å². The minimum absolute atomic E-state index is 0.565. The van der Waals surface area contributed by atoms with E-state index in [-0.39, 0.29) is 0 Å². The van der Waals surface area contributed by atoms with Crippen LogP contribution in [0.4, 0.5) is 11.6 Å². The van der Waals surface area contributed by atoms with Crippen LogP contribution in [0.5, 0.6) is 0 Å². The first-order chi connectivity index (χ1) is 9.29. The van der Waals surface area contributed by atoms with Gasteiger partial charge in [-0.1, -0.05) is 0 Å². The van der Waals surface area contributed by atoms with E-state index in [9.17, 15) is 0 Å². The van der Waals surface area contributed by atoms with Crippen molar-refractivity contribution in [2.75, 3.05) is 35.3 Å². The summed E-state index contributed by atoms with van der Waals surface area (Å²) in [6.07, 6.45) is 7.01. The van der Waals surface area contributed by atoms with Gasteiger partial charge in [-0.25, -0.2) is 9.97 Å². The molecule has 1 fully saturated rings. The predicted molar refractivity (Wildman–Crippen MR) is 81.3 cm³/mol. The molecule has 1 unspecified atom stereocenters. The zero-order valence-electron chi connectivity index (χ0n) is 11.3. The molecular weight excluding hydrogens is 258 g/mol. The van der Waals surface area contributed by atoms with Gasteiger partial charge in [0.2, 0.25) is 0 Å². The van der Waals surface area contributed by atoms with Crippen LogP contribution in [-0.2, 0) is 0 Å².